The van der Waals surface area contributed by atoms with Gasteiger partial charge in [-0.2, -0.15) is 0 Å². The van der Waals surface area contributed by atoms with Crippen molar-refractivity contribution >= 4 is 28.4 Å². The summed E-state index contributed by atoms with van der Waals surface area (Å²) in [5.74, 6) is -2.23. The van der Waals surface area contributed by atoms with Crippen molar-refractivity contribution in [2.75, 3.05) is 0 Å². The first-order valence-electron chi connectivity index (χ1n) is 14.2. The lowest BCUT2D eigenvalue weighted by Crippen LogP contribution is -2.59. The van der Waals surface area contributed by atoms with Crippen LogP contribution in [0.5, 0.6) is 0 Å². The topological polar surface area (TPSA) is 119 Å². The van der Waals surface area contributed by atoms with E-state index in [2.05, 4.69) is 16.9 Å². The highest BCUT2D eigenvalue weighted by molar-refractivity contribution is 6.09. The number of aromatic amines is 1. The Labute approximate surface area is 229 Å². The van der Waals surface area contributed by atoms with Gasteiger partial charge in [0, 0.05) is 41.4 Å². The third-order valence-electron chi connectivity index (χ3n) is 9.74. The van der Waals surface area contributed by atoms with E-state index in [9.17, 15) is 24.6 Å². The molecular weight excluding hydrogens is 492 g/mol. The first-order chi connectivity index (χ1) is 18.6. The van der Waals surface area contributed by atoms with Crippen molar-refractivity contribution in [1.82, 2.24) is 10.3 Å². The predicted octanol–water partition coefficient (Wildman–Crippen LogP) is 4.04. The van der Waals surface area contributed by atoms with E-state index in [4.69, 9.17) is 0 Å². The van der Waals surface area contributed by atoms with Crippen molar-refractivity contribution in [3.8, 4) is 0 Å². The highest BCUT2D eigenvalue weighted by Crippen LogP contribution is 2.57. The zero-order valence-corrected chi connectivity index (χ0v) is 23.1. The third-order valence-corrected chi connectivity index (χ3v) is 9.74. The van der Waals surface area contributed by atoms with E-state index < -0.39 is 29.5 Å². The average Bonchev–Trinajstić information content (AvgIpc) is 3.45. The number of allylic oxidation sites excluding steroid dienone is 1. The number of ketones is 2. The maximum atomic E-state index is 14.3. The lowest BCUT2D eigenvalue weighted by Gasteiger charge is -2.50. The van der Waals surface area contributed by atoms with Gasteiger partial charge in [0.2, 0.25) is 5.91 Å². The molecule has 4 N–H and O–H groups in total. The number of amides is 1. The van der Waals surface area contributed by atoms with E-state index >= 15 is 0 Å². The highest BCUT2D eigenvalue weighted by Gasteiger charge is 2.68. The maximum Gasteiger partial charge on any atom is 0.234 e. The molecule has 0 bridgehead atoms. The molecule has 5 rings (SSSR count). The van der Waals surface area contributed by atoms with Gasteiger partial charge in [-0.15, -0.1) is 0 Å². The molecule has 2 unspecified atom stereocenters. The van der Waals surface area contributed by atoms with Crippen molar-refractivity contribution < 1.29 is 24.6 Å². The van der Waals surface area contributed by atoms with E-state index in [-0.39, 0.29) is 48.2 Å². The minimum absolute atomic E-state index is 0.0514. The van der Waals surface area contributed by atoms with E-state index in [1.807, 2.05) is 50.4 Å². The normalized spacial score (nSPS) is 37.7. The second kappa shape index (κ2) is 10.5. The van der Waals surface area contributed by atoms with Gasteiger partial charge in [-0.1, -0.05) is 51.1 Å². The summed E-state index contributed by atoms with van der Waals surface area (Å²) in [5.41, 5.74) is 1.78. The second-order valence-electron chi connectivity index (χ2n) is 12.1. The van der Waals surface area contributed by atoms with Crippen molar-refractivity contribution in [2.24, 2.45) is 29.1 Å². The summed E-state index contributed by atoms with van der Waals surface area (Å²) in [7, 11) is 0. The Bertz CT molecular complexity index is 1340. The molecule has 39 heavy (non-hydrogen) atoms. The van der Waals surface area contributed by atoms with Crippen LogP contribution in [0.4, 0.5) is 0 Å². The summed E-state index contributed by atoms with van der Waals surface area (Å²) in [6.45, 7) is 9.92. The van der Waals surface area contributed by atoms with Crippen LogP contribution < -0.4 is 5.32 Å². The Morgan fingerprint density at radius 2 is 1.82 bits per heavy atom. The van der Waals surface area contributed by atoms with E-state index in [1.54, 1.807) is 6.92 Å². The van der Waals surface area contributed by atoms with Crippen LogP contribution in [0.25, 0.3) is 10.9 Å². The molecule has 1 saturated carbocycles. The Balaban J connectivity index is 1.57. The van der Waals surface area contributed by atoms with Crippen LogP contribution in [0.1, 0.15) is 58.4 Å². The van der Waals surface area contributed by atoms with Crippen molar-refractivity contribution in [3.05, 3.63) is 59.8 Å². The number of carbonyl (C=O) groups excluding carboxylic acids is 3. The molecule has 1 aliphatic heterocycles. The van der Waals surface area contributed by atoms with Gasteiger partial charge in [0.15, 0.2) is 5.78 Å². The number of Topliss-reactive ketones (excluding diaryl/α,β-unsaturated/α-hetero) is 2. The number of aliphatic hydroxyl groups excluding tert-OH is 2. The molecule has 1 saturated heterocycles. The quantitative estimate of drug-likeness (QED) is 0.344. The van der Waals surface area contributed by atoms with Gasteiger partial charge in [-0.25, -0.2) is 0 Å². The number of aliphatic hydroxyl groups is 2. The maximum absolute atomic E-state index is 14.3. The Hall–Kier alpha value is -3.03. The van der Waals surface area contributed by atoms with Crippen molar-refractivity contribution in [1.29, 1.82) is 0 Å². The van der Waals surface area contributed by atoms with E-state index in [0.29, 0.717) is 30.4 Å². The van der Waals surface area contributed by atoms with Crippen LogP contribution in [-0.4, -0.2) is 50.9 Å². The van der Waals surface area contributed by atoms with Gasteiger partial charge < -0.3 is 20.5 Å². The minimum Gasteiger partial charge on any atom is -0.388 e. The fourth-order valence-electron chi connectivity index (χ4n) is 7.75. The zero-order chi connectivity index (χ0) is 28.1. The molecule has 0 radical (unpaired) electrons. The minimum atomic E-state index is -1.45. The smallest absolute Gasteiger partial charge is 0.234 e. The fraction of sp³-hybridized carbons (Fsp3) is 0.531. The number of nitrogens with one attached hydrogen (secondary N) is 2. The van der Waals surface area contributed by atoms with Gasteiger partial charge in [0.1, 0.15) is 17.3 Å². The van der Waals surface area contributed by atoms with Crippen LogP contribution in [-0.2, 0) is 20.8 Å². The number of hydrogen-bond donors (Lipinski definition) is 4. The number of para-hydroxylation sites is 1. The monoisotopic (exact) mass is 532 g/mol. The van der Waals surface area contributed by atoms with E-state index in [0.717, 1.165) is 22.9 Å². The summed E-state index contributed by atoms with van der Waals surface area (Å²) in [6, 6.07) is 7.68. The molecule has 7 heteroatoms. The fourth-order valence-corrected chi connectivity index (χ4v) is 7.75. The van der Waals surface area contributed by atoms with Gasteiger partial charge in [-0.05, 0) is 67.2 Å². The molecule has 208 valence electrons. The van der Waals surface area contributed by atoms with Crippen molar-refractivity contribution in [2.45, 2.75) is 77.5 Å². The van der Waals surface area contributed by atoms with E-state index in [1.165, 1.54) is 0 Å². The van der Waals surface area contributed by atoms with Gasteiger partial charge in [0.25, 0.3) is 0 Å². The second-order valence-corrected chi connectivity index (χ2v) is 12.1. The van der Waals surface area contributed by atoms with Crippen LogP contribution in [0, 0.1) is 29.1 Å². The molecule has 2 aliphatic carbocycles. The molecule has 1 spiro atoms. The number of carbonyl (C=O) groups is 3. The molecule has 7 nitrogen and oxygen atoms in total. The number of rotatable bonds is 2. The van der Waals surface area contributed by atoms with Crippen LogP contribution in [0.3, 0.4) is 0 Å². The summed E-state index contributed by atoms with van der Waals surface area (Å²) in [4.78, 5) is 44.5. The number of fused-ring (bicyclic) bond motifs is 1. The standard InChI is InChI=1S/C32H40N2O5/c1-17-8-7-10-23-30(38)20(4)19(3)28-25(15-21-16-33-24-11-6-5-9-22(21)24)34-31(39)32(23,28)27(36)13-12-26(35)29(37)18(2)14-17/h5-6,9,11,14,16-17,19,23,25-26,28,30,33,35,38H,4,7-8,10,12-13,15H2,1-3H3,(H,34,39)/b18-14-/t17?,19-,23?,25+,26+,28+,30-,32+/m1/s1. The van der Waals surface area contributed by atoms with Gasteiger partial charge in [0.05, 0.1) is 6.10 Å². The van der Waals surface area contributed by atoms with Gasteiger partial charge >= 0.3 is 0 Å². The number of aromatic nitrogens is 1. The van der Waals surface area contributed by atoms with Crippen LogP contribution in [0.15, 0.2) is 54.3 Å². The molecular formula is C32H40N2O5. The molecule has 3 aliphatic rings. The van der Waals surface area contributed by atoms with Crippen molar-refractivity contribution in [3.63, 3.8) is 0 Å². The average molecular weight is 533 g/mol. The predicted molar refractivity (Wildman–Crippen MR) is 150 cm³/mol. The van der Waals surface area contributed by atoms with Crippen LogP contribution >= 0.6 is 0 Å². The molecule has 1 aromatic carbocycles. The van der Waals surface area contributed by atoms with Gasteiger partial charge in [-0.3, -0.25) is 14.4 Å². The molecule has 2 fully saturated rings. The first-order valence-corrected chi connectivity index (χ1v) is 14.2. The summed E-state index contributed by atoms with van der Waals surface area (Å²) >= 11 is 0. The summed E-state index contributed by atoms with van der Waals surface area (Å²) in [6.07, 6.45) is 3.85. The Morgan fingerprint density at radius 3 is 2.59 bits per heavy atom. The number of H-pyrrole nitrogens is 1. The first kappa shape index (κ1) is 27.5. The third kappa shape index (κ3) is 4.49. The van der Waals surface area contributed by atoms with Crippen LogP contribution in [0.2, 0.25) is 0 Å². The Morgan fingerprint density at radius 1 is 1.08 bits per heavy atom. The molecule has 2 aromatic rings. The number of hydrogen-bond acceptors (Lipinski definition) is 5. The number of benzene rings is 1. The Kier molecular flexibility index (Phi) is 7.42. The molecule has 1 amide bonds. The summed E-state index contributed by atoms with van der Waals surface area (Å²) < 4.78 is 0. The molecule has 1 aromatic heterocycles. The lowest BCUT2D eigenvalue weighted by atomic mass is 9.51. The highest BCUT2D eigenvalue weighted by atomic mass is 16.3. The zero-order valence-electron chi connectivity index (χ0n) is 23.1. The summed E-state index contributed by atoms with van der Waals surface area (Å²) in [5, 5.41) is 26.4. The largest absolute Gasteiger partial charge is 0.388 e. The SMILES string of the molecule is C=C1[C@@H](O)C2CCCC(C)/C=C(/C)C(=O)[C@@H](O)CCC(=O)[C@@]23C(=O)N[C@@H](Cc2c[nH]c4ccccc24)[C@@H]3[C@@H]1C. The lowest BCUT2D eigenvalue weighted by molar-refractivity contribution is -0.155. The molecule has 8 atom stereocenters. The molecule has 2 heterocycles.